The van der Waals surface area contributed by atoms with Crippen molar-refractivity contribution in [3.63, 3.8) is 0 Å². The van der Waals surface area contributed by atoms with E-state index in [0.29, 0.717) is 46.7 Å². The van der Waals surface area contributed by atoms with E-state index in [9.17, 15) is 19.6 Å². The molecule has 4 aromatic rings. The van der Waals surface area contributed by atoms with Gasteiger partial charge in [0.1, 0.15) is 35.6 Å². The Morgan fingerprint density at radius 2 is 2.06 bits per heavy atom. The number of nitrogens with zero attached hydrogens (tertiary/aromatic N) is 2. The molecule has 0 fully saturated rings. The highest BCUT2D eigenvalue weighted by Gasteiger charge is 2.20. The summed E-state index contributed by atoms with van der Waals surface area (Å²) < 4.78 is 20.8. The molecule has 2 aromatic carbocycles. The number of carbonyl (C=O) groups excluding carboxylic acids is 1. The summed E-state index contributed by atoms with van der Waals surface area (Å²) in [6, 6.07) is 15.5. The summed E-state index contributed by atoms with van der Waals surface area (Å²) in [4.78, 5) is 21.7. The predicted molar refractivity (Wildman–Crippen MR) is 132 cm³/mol. The van der Waals surface area contributed by atoms with E-state index in [2.05, 4.69) is 20.3 Å². The van der Waals surface area contributed by atoms with Gasteiger partial charge in [0.2, 0.25) is 0 Å². The van der Waals surface area contributed by atoms with Gasteiger partial charge in [0.15, 0.2) is 0 Å². The molecule has 2 atom stereocenters. The van der Waals surface area contributed by atoms with Crippen LogP contribution in [0.5, 0.6) is 5.75 Å². The van der Waals surface area contributed by atoms with Crippen LogP contribution in [0.4, 0.5) is 4.39 Å². The summed E-state index contributed by atoms with van der Waals surface area (Å²) in [5.41, 5.74) is 3.04. The number of hydrogen-bond donors (Lipinski definition) is 4. The van der Waals surface area contributed by atoms with Crippen molar-refractivity contribution in [2.24, 2.45) is 0 Å². The number of para-hydroxylation sites is 1. The first-order chi connectivity index (χ1) is 17.5. The van der Waals surface area contributed by atoms with Gasteiger partial charge in [-0.05, 0) is 49.1 Å². The van der Waals surface area contributed by atoms with Crippen LogP contribution >= 0.6 is 0 Å². The van der Waals surface area contributed by atoms with E-state index in [0.717, 1.165) is 5.56 Å². The number of benzene rings is 2. The number of carbonyl (C=O) groups is 1. The minimum absolute atomic E-state index is 0.156. The molecule has 0 aliphatic carbocycles. The number of nitrogens with one attached hydrogen (secondary N) is 3. The normalized spacial score (nSPS) is 12.5. The lowest BCUT2D eigenvalue weighted by Gasteiger charge is -2.22. The Balaban J connectivity index is 1.40. The van der Waals surface area contributed by atoms with Gasteiger partial charge in [-0.15, -0.1) is 0 Å². The molecule has 184 valence electrons. The molecule has 0 saturated carbocycles. The number of halogens is 1. The number of aromatic nitrogens is 3. The third-order valence-electron chi connectivity index (χ3n) is 5.92. The second-order valence-electron chi connectivity index (χ2n) is 8.41. The Bertz CT molecular complexity index is 1360. The van der Waals surface area contributed by atoms with Crippen molar-refractivity contribution >= 4 is 5.91 Å². The molecule has 0 aliphatic rings. The van der Waals surface area contributed by atoms with E-state index in [4.69, 9.17) is 4.74 Å². The Morgan fingerprint density at radius 3 is 2.78 bits per heavy atom. The van der Waals surface area contributed by atoms with Crippen LogP contribution in [-0.4, -0.2) is 38.1 Å². The molecular weight excluding hydrogens is 461 g/mol. The van der Waals surface area contributed by atoms with Crippen LogP contribution in [0.25, 0.3) is 11.1 Å². The van der Waals surface area contributed by atoms with E-state index >= 15 is 0 Å². The van der Waals surface area contributed by atoms with Gasteiger partial charge in [-0.2, -0.15) is 5.26 Å². The van der Waals surface area contributed by atoms with Gasteiger partial charge in [-0.1, -0.05) is 30.3 Å². The Kier molecular flexibility index (Phi) is 7.78. The monoisotopic (exact) mass is 487 g/mol. The van der Waals surface area contributed by atoms with Crippen molar-refractivity contribution in [1.29, 1.82) is 5.26 Å². The van der Waals surface area contributed by atoms with Gasteiger partial charge in [0, 0.05) is 17.3 Å². The highest BCUT2D eigenvalue weighted by atomic mass is 19.1. The van der Waals surface area contributed by atoms with Crippen LogP contribution in [0.1, 0.15) is 40.7 Å². The molecule has 2 aromatic heterocycles. The molecule has 4 rings (SSSR count). The fraction of sp³-hybridized carbons (Fsp3) is 0.222. The van der Waals surface area contributed by atoms with Gasteiger partial charge in [0.25, 0.3) is 5.91 Å². The highest BCUT2D eigenvalue weighted by Crippen LogP contribution is 2.27. The Hall–Kier alpha value is -4.42. The van der Waals surface area contributed by atoms with Crippen molar-refractivity contribution < 1.29 is 19.0 Å². The number of ether oxygens (including phenoxy) is 1. The van der Waals surface area contributed by atoms with Crippen LogP contribution in [0, 0.1) is 17.1 Å². The number of aryl methyl sites for hydroxylation is 1. The zero-order chi connectivity index (χ0) is 25.5. The van der Waals surface area contributed by atoms with Gasteiger partial charge in [-0.3, -0.25) is 4.79 Å². The molecule has 0 radical (unpaired) electrons. The summed E-state index contributed by atoms with van der Waals surface area (Å²) in [5, 5.41) is 22.2. The number of aliphatic hydroxyl groups is 1. The summed E-state index contributed by atoms with van der Waals surface area (Å²) in [6.07, 6.45) is 4.72. The second kappa shape index (κ2) is 11.3. The minimum Gasteiger partial charge on any atom is -0.489 e. The summed E-state index contributed by atoms with van der Waals surface area (Å²) in [5.74, 6) is -0.133. The predicted octanol–water partition coefficient (Wildman–Crippen LogP) is 4.11. The maximum atomic E-state index is 14.8. The number of imidazole rings is 1. The van der Waals surface area contributed by atoms with Crippen molar-refractivity contribution in [3.8, 4) is 22.9 Å². The topological polar surface area (TPSA) is 127 Å². The molecule has 0 aliphatic heterocycles. The van der Waals surface area contributed by atoms with Crippen LogP contribution in [0.2, 0.25) is 0 Å². The first-order valence-electron chi connectivity index (χ1n) is 11.5. The van der Waals surface area contributed by atoms with E-state index in [1.165, 1.54) is 18.6 Å². The van der Waals surface area contributed by atoms with E-state index in [-0.39, 0.29) is 12.5 Å². The Labute approximate surface area is 207 Å². The number of H-pyrrole nitrogens is 2. The largest absolute Gasteiger partial charge is 0.489 e. The number of hydrogen-bond acceptors (Lipinski definition) is 5. The zero-order valence-corrected chi connectivity index (χ0v) is 19.7. The average Bonchev–Trinajstić information content (AvgIpc) is 3.58. The maximum absolute atomic E-state index is 14.8. The van der Waals surface area contributed by atoms with Crippen molar-refractivity contribution in [2.45, 2.75) is 38.5 Å². The van der Waals surface area contributed by atoms with E-state index in [1.54, 1.807) is 31.3 Å². The lowest BCUT2D eigenvalue weighted by Crippen LogP contribution is -2.42. The molecule has 8 nitrogen and oxygen atoms in total. The molecule has 4 N–H and O–H groups in total. The summed E-state index contributed by atoms with van der Waals surface area (Å²) in [6.45, 7) is 1.79. The molecule has 0 unspecified atom stereocenters. The van der Waals surface area contributed by atoms with E-state index < -0.39 is 18.0 Å². The number of aliphatic hydroxyl groups excluding tert-OH is 1. The molecule has 36 heavy (non-hydrogen) atoms. The number of nitriles is 1. The second-order valence-corrected chi connectivity index (χ2v) is 8.41. The number of rotatable bonds is 10. The average molecular weight is 488 g/mol. The fourth-order valence-electron chi connectivity index (χ4n) is 3.94. The Morgan fingerprint density at radius 1 is 1.22 bits per heavy atom. The van der Waals surface area contributed by atoms with Gasteiger partial charge >= 0.3 is 0 Å². The highest BCUT2D eigenvalue weighted by molar-refractivity contribution is 5.92. The third kappa shape index (κ3) is 5.79. The third-order valence-corrected chi connectivity index (χ3v) is 5.92. The minimum atomic E-state index is -0.756. The van der Waals surface area contributed by atoms with Crippen LogP contribution in [-0.2, 0) is 13.0 Å². The lowest BCUT2D eigenvalue weighted by molar-refractivity contribution is 0.0846. The van der Waals surface area contributed by atoms with Crippen molar-refractivity contribution in [3.05, 3.63) is 95.6 Å². The first-order valence-corrected chi connectivity index (χ1v) is 11.5. The maximum Gasteiger partial charge on any atom is 0.269 e. The number of amides is 1. The fourth-order valence-corrected chi connectivity index (χ4v) is 3.94. The summed E-state index contributed by atoms with van der Waals surface area (Å²) >= 11 is 0. The van der Waals surface area contributed by atoms with Crippen LogP contribution < -0.4 is 10.1 Å². The van der Waals surface area contributed by atoms with Gasteiger partial charge in [0.05, 0.1) is 24.7 Å². The van der Waals surface area contributed by atoms with Gasteiger partial charge < -0.3 is 25.1 Å². The lowest BCUT2D eigenvalue weighted by atomic mass is 10.0. The molecular formula is C27H26FN5O3. The molecule has 1 amide bonds. The van der Waals surface area contributed by atoms with Crippen LogP contribution in [0.15, 0.2) is 67.3 Å². The molecule has 0 bridgehead atoms. The van der Waals surface area contributed by atoms with Crippen molar-refractivity contribution in [1.82, 2.24) is 20.3 Å². The zero-order valence-electron chi connectivity index (χ0n) is 19.7. The molecule has 9 heteroatoms. The molecule has 0 spiro atoms. The molecule has 0 saturated heterocycles. The smallest absolute Gasteiger partial charge is 0.269 e. The van der Waals surface area contributed by atoms with Crippen LogP contribution in [0.3, 0.4) is 0 Å². The first kappa shape index (κ1) is 24.7. The SMILES string of the molecule is C[C@H](O)[C@@H](CCc1ccccc1OCc1ccc(-c2cc[nH]c2C#N)c(F)c1)NC(=O)c1cnc[nH]1. The quantitative estimate of drug-likeness (QED) is 0.268. The van der Waals surface area contributed by atoms with E-state index in [1.807, 2.05) is 30.3 Å². The summed E-state index contributed by atoms with van der Waals surface area (Å²) in [7, 11) is 0. The molecule has 2 heterocycles. The number of aromatic amines is 2. The van der Waals surface area contributed by atoms with Crippen molar-refractivity contribution in [2.75, 3.05) is 0 Å². The van der Waals surface area contributed by atoms with Gasteiger partial charge in [-0.25, -0.2) is 9.37 Å². The standard InChI is InChI=1S/C27H26FN5O3/c1-17(34)23(33-27(35)25-14-30-16-32-25)9-7-19-4-2-3-5-26(19)36-15-18-6-8-20(22(28)12-18)21-10-11-31-24(21)13-29/h2-6,8,10-12,14,16-17,23,31,34H,7,9,15H2,1H3,(H,30,32)(H,33,35)/t17-,23+/m0/s1.